The lowest BCUT2D eigenvalue weighted by atomic mass is 10.0. The molecule has 0 saturated carbocycles. The maximum atomic E-state index is 11.2. The van der Waals surface area contributed by atoms with E-state index in [4.69, 9.17) is 17.0 Å². The van der Waals surface area contributed by atoms with Gasteiger partial charge in [0.1, 0.15) is 0 Å². The third-order valence-electron chi connectivity index (χ3n) is 5.83. The number of amides is 1. The van der Waals surface area contributed by atoms with E-state index in [-0.39, 0.29) is 5.91 Å². The predicted molar refractivity (Wildman–Crippen MR) is 137 cm³/mol. The SMILES string of the molecule is CC(=O)Nc1ccc(-c2ccc(-n3c(=N)n(Cc4ccccc4Cl)c4ccccc43)cc2)cc1. The molecule has 1 aromatic heterocycles. The second kappa shape index (κ2) is 9.04. The van der Waals surface area contributed by atoms with Crippen LogP contribution in [0.25, 0.3) is 27.8 Å². The summed E-state index contributed by atoms with van der Waals surface area (Å²) in [7, 11) is 0. The minimum atomic E-state index is -0.0889. The molecule has 2 N–H and O–H groups in total. The van der Waals surface area contributed by atoms with Crippen molar-refractivity contribution in [1.29, 1.82) is 5.41 Å². The lowest BCUT2D eigenvalue weighted by Gasteiger charge is -2.09. The first kappa shape index (κ1) is 21.7. The van der Waals surface area contributed by atoms with Crippen molar-refractivity contribution < 1.29 is 4.79 Å². The van der Waals surface area contributed by atoms with E-state index in [1.54, 1.807) is 0 Å². The minimum absolute atomic E-state index is 0.0889. The van der Waals surface area contributed by atoms with Crippen LogP contribution in [0, 0.1) is 5.41 Å². The molecule has 0 atom stereocenters. The van der Waals surface area contributed by atoms with Crippen LogP contribution in [0.15, 0.2) is 97.1 Å². The van der Waals surface area contributed by atoms with Crippen LogP contribution < -0.4 is 10.9 Å². The molecular weight excluding hydrogens is 444 g/mol. The Morgan fingerprint density at radius 3 is 2.06 bits per heavy atom. The van der Waals surface area contributed by atoms with Gasteiger partial charge in [-0.15, -0.1) is 0 Å². The van der Waals surface area contributed by atoms with E-state index >= 15 is 0 Å². The largest absolute Gasteiger partial charge is 0.326 e. The number of carbonyl (C=O) groups excluding carboxylic acids is 1. The van der Waals surface area contributed by atoms with Gasteiger partial charge in [0, 0.05) is 23.3 Å². The summed E-state index contributed by atoms with van der Waals surface area (Å²) in [5.41, 5.74) is 7.10. The second-order valence-electron chi connectivity index (χ2n) is 8.13. The normalized spacial score (nSPS) is 11.0. The zero-order chi connectivity index (χ0) is 23.7. The minimum Gasteiger partial charge on any atom is -0.326 e. The average molecular weight is 467 g/mol. The van der Waals surface area contributed by atoms with Gasteiger partial charge < -0.3 is 9.88 Å². The van der Waals surface area contributed by atoms with Gasteiger partial charge in [0.05, 0.1) is 17.6 Å². The number of fused-ring (bicyclic) bond motifs is 1. The molecule has 0 saturated heterocycles. The Bertz CT molecular complexity index is 1550. The first-order valence-corrected chi connectivity index (χ1v) is 11.4. The van der Waals surface area contributed by atoms with E-state index < -0.39 is 0 Å². The van der Waals surface area contributed by atoms with E-state index in [0.717, 1.165) is 39.1 Å². The monoisotopic (exact) mass is 466 g/mol. The molecule has 168 valence electrons. The first-order valence-electron chi connectivity index (χ1n) is 11.0. The Morgan fingerprint density at radius 2 is 1.41 bits per heavy atom. The molecular formula is C28H23ClN4O. The number of halogens is 1. The maximum absolute atomic E-state index is 11.2. The van der Waals surface area contributed by atoms with Crippen LogP contribution in [-0.4, -0.2) is 15.0 Å². The van der Waals surface area contributed by atoms with Crippen molar-refractivity contribution in [3.63, 3.8) is 0 Å². The van der Waals surface area contributed by atoms with Crippen LogP contribution in [-0.2, 0) is 11.3 Å². The van der Waals surface area contributed by atoms with E-state index in [0.29, 0.717) is 17.2 Å². The molecule has 34 heavy (non-hydrogen) atoms. The molecule has 0 fully saturated rings. The number of anilines is 1. The molecule has 0 aliphatic carbocycles. The van der Waals surface area contributed by atoms with E-state index in [1.807, 2.05) is 94.1 Å². The van der Waals surface area contributed by atoms with Gasteiger partial charge in [0.15, 0.2) is 0 Å². The summed E-state index contributed by atoms with van der Waals surface area (Å²) in [6, 6.07) is 31.7. The quantitative estimate of drug-likeness (QED) is 0.316. The molecule has 0 aliphatic rings. The molecule has 4 aromatic carbocycles. The Hall–Kier alpha value is -4.09. The molecule has 0 unspecified atom stereocenters. The third-order valence-corrected chi connectivity index (χ3v) is 6.20. The smallest absolute Gasteiger partial charge is 0.221 e. The van der Waals surface area contributed by atoms with Crippen molar-refractivity contribution >= 4 is 34.2 Å². The fourth-order valence-corrected chi connectivity index (χ4v) is 4.40. The highest BCUT2D eigenvalue weighted by Crippen LogP contribution is 2.25. The fourth-order valence-electron chi connectivity index (χ4n) is 4.20. The average Bonchev–Trinajstić information content (AvgIpc) is 3.12. The van der Waals surface area contributed by atoms with Crippen molar-refractivity contribution in [3.8, 4) is 16.8 Å². The third kappa shape index (κ3) is 4.14. The molecule has 6 heteroatoms. The standard InChI is InChI=1S/C28H23ClN4O/c1-19(34)31-23-14-10-20(11-15-23)21-12-16-24(17-13-21)33-27-9-5-4-8-26(27)32(28(33)30)18-22-6-2-3-7-25(22)29/h2-17,30H,18H2,1H3,(H,31,34). The number of aromatic nitrogens is 2. The van der Waals surface area contributed by atoms with E-state index in [1.165, 1.54) is 6.92 Å². The van der Waals surface area contributed by atoms with Gasteiger partial charge in [-0.1, -0.05) is 66.2 Å². The van der Waals surface area contributed by atoms with Crippen LogP contribution >= 0.6 is 11.6 Å². The number of benzene rings is 4. The number of nitrogens with one attached hydrogen (secondary N) is 2. The molecule has 0 bridgehead atoms. The van der Waals surface area contributed by atoms with Crippen LogP contribution in [0.2, 0.25) is 5.02 Å². The molecule has 0 aliphatic heterocycles. The van der Waals surface area contributed by atoms with E-state index in [2.05, 4.69) is 17.4 Å². The number of hydrogen-bond donors (Lipinski definition) is 2. The number of para-hydroxylation sites is 2. The summed E-state index contributed by atoms with van der Waals surface area (Å²) >= 11 is 6.41. The van der Waals surface area contributed by atoms with Gasteiger partial charge >= 0.3 is 0 Å². The number of nitrogens with zero attached hydrogens (tertiary/aromatic N) is 2. The summed E-state index contributed by atoms with van der Waals surface area (Å²) < 4.78 is 3.93. The van der Waals surface area contributed by atoms with Crippen LogP contribution in [0.3, 0.4) is 0 Å². The number of imidazole rings is 1. The van der Waals surface area contributed by atoms with E-state index in [9.17, 15) is 4.79 Å². The van der Waals surface area contributed by atoms with Crippen molar-refractivity contribution in [2.24, 2.45) is 0 Å². The zero-order valence-corrected chi connectivity index (χ0v) is 19.4. The highest BCUT2D eigenvalue weighted by atomic mass is 35.5. The Balaban J connectivity index is 1.52. The highest BCUT2D eigenvalue weighted by Gasteiger charge is 2.13. The number of hydrogen-bond acceptors (Lipinski definition) is 2. The van der Waals surface area contributed by atoms with Gasteiger partial charge in [0.2, 0.25) is 11.5 Å². The van der Waals surface area contributed by atoms with Gasteiger partial charge in [-0.2, -0.15) is 0 Å². The van der Waals surface area contributed by atoms with Crippen molar-refractivity contribution in [3.05, 3.63) is 113 Å². The molecule has 1 heterocycles. The van der Waals surface area contributed by atoms with Gasteiger partial charge in [-0.25, -0.2) is 0 Å². The fraction of sp³-hybridized carbons (Fsp3) is 0.0714. The molecule has 5 aromatic rings. The number of carbonyl (C=O) groups is 1. The highest BCUT2D eigenvalue weighted by molar-refractivity contribution is 6.31. The van der Waals surface area contributed by atoms with Crippen molar-refractivity contribution in [2.75, 3.05) is 5.32 Å². The second-order valence-corrected chi connectivity index (χ2v) is 8.54. The van der Waals surface area contributed by atoms with Gasteiger partial charge in [-0.3, -0.25) is 14.8 Å². The van der Waals surface area contributed by atoms with Crippen LogP contribution in [0.5, 0.6) is 0 Å². The van der Waals surface area contributed by atoms with Gasteiger partial charge in [-0.05, 0) is 59.2 Å². The summed E-state index contributed by atoms with van der Waals surface area (Å²) in [5, 5.41) is 12.5. The first-order chi connectivity index (χ1) is 16.5. The Morgan fingerprint density at radius 1 is 0.824 bits per heavy atom. The van der Waals surface area contributed by atoms with Crippen molar-refractivity contribution in [2.45, 2.75) is 13.5 Å². The van der Waals surface area contributed by atoms with Crippen LogP contribution in [0.1, 0.15) is 12.5 Å². The molecule has 0 radical (unpaired) electrons. The summed E-state index contributed by atoms with van der Waals surface area (Å²) in [6.07, 6.45) is 0. The van der Waals surface area contributed by atoms with Crippen LogP contribution in [0.4, 0.5) is 5.69 Å². The molecule has 5 nitrogen and oxygen atoms in total. The Kier molecular flexibility index (Phi) is 5.78. The number of rotatable bonds is 5. The maximum Gasteiger partial charge on any atom is 0.221 e. The predicted octanol–water partition coefficient (Wildman–Crippen LogP) is 6.24. The molecule has 0 spiro atoms. The lowest BCUT2D eigenvalue weighted by molar-refractivity contribution is -0.114. The summed E-state index contributed by atoms with van der Waals surface area (Å²) in [6.45, 7) is 2.01. The lowest BCUT2D eigenvalue weighted by Crippen LogP contribution is -2.24. The summed E-state index contributed by atoms with van der Waals surface area (Å²) in [5.74, 6) is -0.0889. The summed E-state index contributed by atoms with van der Waals surface area (Å²) in [4.78, 5) is 11.2. The van der Waals surface area contributed by atoms with Crippen molar-refractivity contribution in [1.82, 2.24) is 9.13 Å². The molecule has 1 amide bonds. The van der Waals surface area contributed by atoms with Gasteiger partial charge in [0.25, 0.3) is 0 Å². The Labute approximate surface area is 202 Å². The zero-order valence-electron chi connectivity index (χ0n) is 18.6. The molecule has 5 rings (SSSR count). The topological polar surface area (TPSA) is 62.8 Å².